The van der Waals surface area contributed by atoms with Crippen molar-refractivity contribution in [2.75, 3.05) is 26.9 Å². The zero-order valence-electron chi connectivity index (χ0n) is 16.7. The lowest BCUT2D eigenvalue weighted by atomic mass is 10.2. The van der Waals surface area contributed by atoms with Crippen LogP contribution >= 0.6 is 24.0 Å². The number of rotatable bonds is 13. The van der Waals surface area contributed by atoms with Crippen LogP contribution in [0, 0.1) is 0 Å². The third-order valence-electron chi connectivity index (χ3n) is 4.13. The molecule has 0 radical (unpaired) electrons. The van der Waals surface area contributed by atoms with E-state index in [9.17, 15) is 0 Å². The predicted octanol–water partition coefficient (Wildman–Crippen LogP) is 5.65. The van der Waals surface area contributed by atoms with Gasteiger partial charge < -0.3 is 19.5 Å². The van der Waals surface area contributed by atoms with Crippen LogP contribution in [0.4, 0.5) is 0 Å². The Balaban J connectivity index is 0.00000392. The molecule has 0 atom stereocenters. The van der Waals surface area contributed by atoms with Crippen LogP contribution in [0.1, 0.15) is 37.3 Å². The van der Waals surface area contributed by atoms with E-state index in [0.717, 1.165) is 50.3 Å². The summed E-state index contributed by atoms with van der Waals surface area (Å²) in [6.45, 7) is 5.90. The van der Waals surface area contributed by atoms with Crippen LogP contribution in [-0.2, 0) is 17.9 Å². The van der Waals surface area contributed by atoms with Gasteiger partial charge in [-0.05, 0) is 42.6 Å². The Morgan fingerprint density at radius 1 is 1.00 bits per heavy atom. The molecule has 6 heteroatoms. The molecular formula is C22H31Cl2NO3. The van der Waals surface area contributed by atoms with Crippen LogP contribution in [-0.4, -0.2) is 26.9 Å². The number of unbranched alkanes of at least 4 members (excludes halogenated alkanes) is 1. The summed E-state index contributed by atoms with van der Waals surface area (Å²) in [5, 5.41) is 3.97. The molecule has 2 rings (SSSR count). The lowest BCUT2D eigenvalue weighted by Gasteiger charge is -2.15. The highest BCUT2D eigenvalue weighted by atomic mass is 35.5. The molecule has 4 nitrogen and oxygen atoms in total. The summed E-state index contributed by atoms with van der Waals surface area (Å²) in [6, 6.07) is 13.9. The maximum atomic E-state index is 6.44. The zero-order valence-corrected chi connectivity index (χ0v) is 18.3. The first kappa shape index (κ1) is 24.6. The molecule has 0 unspecified atom stereocenters. The van der Waals surface area contributed by atoms with Gasteiger partial charge in [0.1, 0.15) is 6.61 Å². The minimum Gasteiger partial charge on any atom is -0.493 e. The fraction of sp³-hybridized carbons (Fsp3) is 0.455. The second-order valence-electron chi connectivity index (χ2n) is 6.38. The van der Waals surface area contributed by atoms with Crippen molar-refractivity contribution >= 4 is 24.0 Å². The second-order valence-corrected chi connectivity index (χ2v) is 6.79. The SMILES string of the molecule is CCCCOCCCNCc1cc(Cl)c(OCc2ccccc2)c(OC)c1.Cl. The number of benzene rings is 2. The Morgan fingerprint density at radius 3 is 2.46 bits per heavy atom. The Kier molecular flexibility index (Phi) is 12.8. The largest absolute Gasteiger partial charge is 0.493 e. The highest BCUT2D eigenvalue weighted by molar-refractivity contribution is 6.32. The van der Waals surface area contributed by atoms with Gasteiger partial charge in [-0.3, -0.25) is 0 Å². The quantitative estimate of drug-likeness (QED) is 0.419. The first-order chi connectivity index (χ1) is 13.2. The molecular weight excluding hydrogens is 397 g/mol. The average molecular weight is 428 g/mol. The minimum atomic E-state index is 0. The van der Waals surface area contributed by atoms with Gasteiger partial charge in [-0.1, -0.05) is 55.3 Å². The second kappa shape index (κ2) is 14.5. The van der Waals surface area contributed by atoms with Crippen molar-refractivity contribution in [2.45, 2.75) is 39.3 Å². The summed E-state index contributed by atoms with van der Waals surface area (Å²) >= 11 is 6.44. The summed E-state index contributed by atoms with van der Waals surface area (Å²) in [5.41, 5.74) is 2.15. The lowest BCUT2D eigenvalue weighted by Crippen LogP contribution is -2.16. The van der Waals surface area contributed by atoms with Gasteiger partial charge in [0.15, 0.2) is 11.5 Å². The van der Waals surface area contributed by atoms with Crippen molar-refractivity contribution in [3.8, 4) is 11.5 Å². The number of nitrogens with one attached hydrogen (secondary N) is 1. The summed E-state index contributed by atoms with van der Waals surface area (Å²) in [5.74, 6) is 1.23. The fourth-order valence-electron chi connectivity index (χ4n) is 2.63. The highest BCUT2D eigenvalue weighted by Gasteiger charge is 2.12. The Labute approximate surface area is 179 Å². The lowest BCUT2D eigenvalue weighted by molar-refractivity contribution is 0.129. The van der Waals surface area contributed by atoms with E-state index in [4.69, 9.17) is 25.8 Å². The number of hydrogen-bond acceptors (Lipinski definition) is 4. The molecule has 0 spiro atoms. The average Bonchev–Trinajstić information content (AvgIpc) is 2.69. The van der Waals surface area contributed by atoms with E-state index in [2.05, 4.69) is 12.2 Å². The molecule has 0 aliphatic heterocycles. The number of ether oxygens (including phenoxy) is 3. The molecule has 2 aromatic rings. The molecule has 0 aromatic heterocycles. The summed E-state index contributed by atoms with van der Waals surface area (Å²) < 4.78 is 16.9. The van der Waals surface area contributed by atoms with E-state index < -0.39 is 0 Å². The van der Waals surface area contributed by atoms with E-state index in [1.54, 1.807) is 7.11 Å². The fourth-order valence-corrected chi connectivity index (χ4v) is 2.91. The van der Waals surface area contributed by atoms with E-state index in [1.165, 1.54) is 6.42 Å². The van der Waals surface area contributed by atoms with Crippen LogP contribution < -0.4 is 14.8 Å². The molecule has 0 saturated heterocycles. The molecule has 1 N–H and O–H groups in total. The normalized spacial score (nSPS) is 10.4. The van der Waals surface area contributed by atoms with E-state index in [-0.39, 0.29) is 12.4 Å². The molecule has 156 valence electrons. The van der Waals surface area contributed by atoms with Crippen molar-refractivity contribution in [3.63, 3.8) is 0 Å². The van der Waals surface area contributed by atoms with Crippen molar-refractivity contribution in [2.24, 2.45) is 0 Å². The van der Waals surface area contributed by atoms with Gasteiger partial charge in [0, 0.05) is 19.8 Å². The topological polar surface area (TPSA) is 39.7 Å². The van der Waals surface area contributed by atoms with Gasteiger partial charge in [0.05, 0.1) is 12.1 Å². The highest BCUT2D eigenvalue weighted by Crippen LogP contribution is 2.37. The maximum Gasteiger partial charge on any atom is 0.180 e. The van der Waals surface area contributed by atoms with Crippen molar-refractivity contribution < 1.29 is 14.2 Å². The van der Waals surface area contributed by atoms with Crippen molar-refractivity contribution in [1.82, 2.24) is 5.32 Å². The number of halogens is 2. The summed E-state index contributed by atoms with van der Waals surface area (Å²) in [6.07, 6.45) is 3.29. The first-order valence-corrected chi connectivity index (χ1v) is 9.94. The molecule has 0 fully saturated rings. The third-order valence-corrected chi connectivity index (χ3v) is 4.41. The van der Waals surface area contributed by atoms with Crippen LogP contribution in [0.15, 0.2) is 42.5 Å². The number of hydrogen-bond donors (Lipinski definition) is 1. The van der Waals surface area contributed by atoms with Gasteiger partial charge >= 0.3 is 0 Å². The van der Waals surface area contributed by atoms with Crippen LogP contribution in [0.5, 0.6) is 11.5 Å². The third kappa shape index (κ3) is 8.70. The molecule has 2 aromatic carbocycles. The van der Waals surface area contributed by atoms with E-state index in [0.29, 0.717) is 23.1 Å². The van der Waals surface area contributed by atoms with Gasteiger partial charge in [-0.25, -0.2) is 0 Å². The molecule has 0 heterocycles. The molecule has 0 saturated carbocycles. The van der Waals surface area contributed by atoms with Gasteiger partial charge in [0.2, 0.25) is 0 Å². The monoisotopic (exact) mass is 427 g/mol. The Hall–Kier alpha value is -1.46. The molecule has 0 amide bonds. The summed E-state index contributed by atoms with van der Waals surface area (Å²) in [7, 11) is 1.63. The van der Waals surface area contributed by atoms with Gasteiger partial charge in [0.25, 0.3) is 0 Å². The van der Waals surface area contributed by atoms with Gasteiger partial charge in [-0.15, -0.1) is 12.4 Å². The molecule has 0 bridgehead atoms. The predicted molar refractivity (Wildman–Crippen MR) is 118 cm³/mol. The standard InChI is InChI=1S/C22H30ClNO3.ClH/c1-3-4-12-26-13-8-11-24-16-19-14-20(23)22(21(15-19)25-2)27-17-18-9-6-5-7-10-18;/h5-7,9-10,14-15,24H,3-4,8,11-13,16-17H2,1-2H3;1H. The smallest absolute Gasteiger partial charge is 0.180 e. The van der Waals surface area contributed by atoms with Crippen LogP contribution in [0.3, 0.4) is 0 Å². The van der Waals surface area contributed by atoms with Gasteiger partial charge in [-0.2, -0.15) is 0 Å². The summed E-state index contributed by atoms with van der Waals surface area (Å²) in [4.78, 5) is 0. The van der Waals surface area contributed by atoms with Crippen LogP contribution in [0.2, 0.25) is 5.02 Å². The van der Waals surface area contributed by atoms with Crippen molar-refractivity contribution in [1.29, 1.82) is 0 Å². The Morgan fingerprint density at radius 2 is 1.75 bits per heavy atom. The molecule has 0 aliphatic rings. The first-order valence-electron chi connectivity index (χ1n) is 9.56. The van der Waals surface area contributed by atoms with E-state index >= 15 is 0 Å². The molecule has 0 aliphatic carbocycles. The maximum absolute atomic E-state index is 6.44. The minimum absolute atomic E-state index is 0. The van der Waals surface area contributed by atoms with E-state index in [1.807, 2.05) is 42.5 Å². The zero-order chi connectivity index (χ0) is 19.3. The van der Waals surface area contributed by atoms with Crippen LogP contribution in [0.25, 0.3) is 0 Å². The molecule has 28 heavy (non-hydrogen) atoms. The Bertz CT molecular complexity index is 668. The van der Waals surface area contributed by atoms with Crippen molar-refractivity contribution in [3.05, 3.63) is 58.6 Å². The number of methoxy groups -OCH3 is 1.